The largest absolute Gasteiger partial charge is 0.444 e. The number of nitrogens with zero attached hydrogens (tertiary/aromatic N) is 4. The highest BCUT2D eigenvalue weighted by atomic mass is 16.6. The second-order valence-corrected chi connectivity index (χ2v) is 9.08. The van der Waals surface area contributed by atoms with Crippen molar-refractivity contribution in [2.45, 2.75) is 64.8 Å². The lowest BCUT2D eigenvalue weighted by molar-refractivity contribution is -0.0366. The van der Waals surface area contributed by atoms with Crippen LogP contribution in [-0.4, -0.2) is 58.7 Å². The van der Waals surface area contributed by atoms with Crippen LogP contribution in [0, 0.1) is 0 Å². The van der Waals surface area contributed by atoms with Gasteiger partial charge in [0.05, 0.1) is 5.52 Å². The molecule has 1 amide bonds. The molecule has 2 aromatic rings. The molecule has 2 saturated heterocycles. The van der Waals surface area contributed by atoms with Gasteiger partial charge in [0.25, 0.3) is 0 Å². The quantitative estimate of drug-likeness (QED) is 0.757. The SMILES string of the molecule is C[C@@H]1CN(C(=O)OC(C)(C)C)CCN1c1nn(C2CCCCO2)c2ccccc12. The molecule has 0 radical (unpaired) electrons. The van der Waals surface area contributed by atoms with E-state index in [2.05, 4.69) is 40.8 Å². The van der Waals surface area contributed by atoms with E-state index in [-0.39, 0.29) is 18.4 Å². The molecule has 0 bridgehead atoms. The second kappa shape index (κ2) is 7.86. The molecule has 29 heavy (non-hydrogen) atoms. The molecule has 0 N–H and O–H groups in total. The van der Waals surface area contributed by atoms with Crippen molar-refractivity contribution in [3.8, 4) is 0 Å². The summed E-state index contributed by atoms with van der Waals surface area (Å²) in [5, 5.41) is 6.14. The number of carbonyl (C=O) groups excluding carboxylic acids is 1. The summed E-state index contributed by atoms with van der Waals surface area (Å²) in [5.41, 5.74) is 0.628. The van der Waals surface area contributed by atoms with Crippen molar-refractivity contribution in [2.75, 3.05) is 31.1 Å². The third kappa shape index (κ3) is 4.20. The number of rotatable bonds is 2. The minimum atomic E-state index is -0.480. The molecule has 1 aromatic heterocycles. The van der Waals surface area contributed by atoms with Gasteiger partial charge in [-0.1, -0.05) is 12.1 Å². The first kappa shape index (κ1) is 20.0. The van der Waals surface area contributed by atoms with Gasteiger partial charge in [-0.2, -0.15) is 5.10 Å². The molecular weight excluding hydrogens is 368 g/mol. The van der Waals surface area contributed by atoms with Crippen LogP contribution in [0.2, 0.25) is 0 Å². The highest BCUT2D eigenvalue weighted by molar-refractivity contribution is 5.91. The minimum Gasteiger partial charge on any atom is -0.444 e. The summed E-state index contributed by atoms with van der Waals surface area (Å²) in [6.07, 6.45) is 3.04. The van der Waals surface area contributed by atoms with Gasteiger partial charge in [-0.05, 0) is 59.1 Å². The Balaban J connectivity index is 1.57. The molecule has 2 atom stereocenters. The van der Waals surface area contributed by atoms with Crippen LogP contribution < -0.4 is 4.90 Å². The van der Waals surface area contributed by atoms with Gasteiger partial charge in [0.15, 0.2) is 12.0 Å². The van der Waals surface area contributed by atoms with E-state index in [0.29, 0.717) is 13.1 Å². The van der Waals surface area contributed by atoms with E-state index in [1.807, 2.05) is 20.8 Å². The van der Waals surface area contributed by atoms with Crippen LogP contribution >= 0.6 is 0 Å². The molecule has 1 aromatic carbocycles. The summed E-state index contributed by atoms with van der Waals surface area (Å²) in [7, 11) is 0. The number of benzene rings is 1. The molecule has 2 aliphatic rings. The van der Waals surface area contributed by atoms with Crippen molar-refractivity contribution in [2.24, 2.45) is 0 Å². The Labute approximate surface area is 172 Å². The van der Waals surface area contributed by atoms with Crippen molar-refractivity contribution in [1.82, 2.24) is 14.7 Å². The van der Waals surface area contributed by atoms with Crippen LogP contribution in [-0.2, 0) is 9.47 Å². The summed E-state index contributed by atoms with van der Waals surface area (Å²) in [6.45, 7) is 10.6. The van der Waals surface area contributed by atoms with E-state index in [4.69, 9.17) is 14.6 Å². The average Bonchev–Trinajstić information content (AvgIpc) is 3.07. The lowest BCUT2D eigenvalue weighted by Gasteiger charge is -2.40. The number of ether oxygens (including phenoxy) is 2. The Morgan fingerprint density at radius 1 is 1.21 bits per heavy atom. The fourth-order valence-corrected chi connectivity index (χ4v) is 4.19. The van der Waals surface area contributed by atoms with Gasteiger partial charge >= 0.3 is 6.09 Å². The average molecular weight is 401 g/mol. The van der Waals surface area contributed by atoms with E-state index in [0.717, 1.165) is 42.7 Å². The monoisotopic (exact) mass is 400 g/mol. The fraction of sp³-hybridized carbons (Fsp3) is 0.636. The maximum absolute atomic E-state index is 12.5. The van der Waals surface area contributed by atoms with Crippen molar-refractivity contribution < 1.29 is 14.3 Å². The molecule has 7 nitrogen and oxygen atoms in total. The van der Waals surface area contributed by atoms with Crippen LogP contribution in [0.3, 0.4) is 0 Å². The molecule has 4 rings (SSSR count). The predicted molar refractivity (Wildman–Crippen MR) is 113 cm³/mol. The lowest BCUT2D eigenvalue weighted by atomic mass is 10.1. The first-order chi connectivity index (χ1) is 13.8. The Morgan fingerprint density at radius 2 is 2.00 bits per heavy atom. The standard InChI is InChI=1S/C22H32N4O3/c1-16-15-24(21(27)29-22(2,3)4)12-13-25(16)20-17-9-5-6-10-18(17)26(23-20)19-11-7-8-14-28-19/h5-6,9-10,16,19H,7-8,11-15H2,1-4H3/t16-,19?/m1/s1. The molecule has 2 aliphatic heterocycles. The fourth-order valence-electron chi connectivity index (χ4n) is 4.19. The molecule has 0 aliphatic carbocycles. The number of hydrogen-bond donors (Lipinski definition) is 0. The first-order valence-corrected chi connectivity index (χ1v) is 10.7. The minimum absolute atomic E-state index is 0.000702. The van der Waals surface area contributed by atoms with Gasteiger partial charge in [0, 0.05) is 37.7 Å². The summed E-state index contributed by atoms with van der Waals surface area (Å²) < 4.78 is 13.6. The lowest BCUT2D eigenvalue weighted by Crippen LogP contribution is -2.54. The summed E-state index contributed by atoms with van der Waals surface area (Å²) in [6, 6.07) is 8.50. The van der Waals surface area contributed by atoms with E-state index in [1.165, 1.54) is 6.42 Å². The smallest absolute Gasteiger partial charge is 0.410 e. The second-order valence-electron chi connectivity index (χ2n) is 9.08. The van der Waals surface area contributed by atoms with Gasteiger partial charge in [-0.15, -0.1) is 0 Å². The predicted octanol–water partition coefficient (Wildman–Crippen LogP) is 4.18. The van der Waals surface area contributed by atoms with Crippen LogP contribution in [0.1, 0.15) is 53.2 Å². The molecule has 2 fully saturated rings. The topological polar surface area (TPSA) is 59.8 Å². The van der Waals surface area contributed by atoms with Gasteiger partial charge in [-0.3, -0.25) is 0 Å². The third-order valence-corrected chi connectivity index (χ3v) is 5.57. The van der Waals surface area contributed by atoms with Gasteiger partial charge in [0.2, 0.25) is 0 Å². The highest BCUT2D eigenvalue weighted by Gasteiger charge is 2.32. The Hall–Kier alpha value is -2.28. The number of fused-ring (bicyclic) bond motifs is 1. The van der Waals surface area contributed by atoms with Gasteiger partial charge in [0.1, 0.15) is 5.60 Å². The van der Waals surface area contributed by atoms with E-state index >= 15 is 0 Å². The van der Waals surface area contributed by atoms with E-state index in [9.17, 15) is 4.79 Å². The number of anilines is 1. The zero-order valence-electron chi connectivity index (χ0n) is 17.9. The number of para-hydroxylation sites is 1. The molecule has 1 unspecified atom stereocenters. The number of piperazine rings is 1. The Bertz CT molecular complexity index is 867. The maximum Gasteiger partial charge on any atom is 0.410 e. The van der Waals surface area contributed by atoms with Crippen LogP contribution in [0.25, 0.3) is 10.9 Å². The summed E-state index contributed by atoms with van der Waals surface area (Å²) in [5.74, 6) is 0.978. The van der Waals surface area contributed by atoms with E-state index in [1.54, 1.807) is 4.90 Å². The van der Waals surface area contributed by atoms with Crippen molar-refractivity contribution >= 4 is 22.8 Å². The van der Waals surface area contributed by atoms with Crippen LogP contribution in [0.5, 0.6) is 0 Å². The van der Waals surface area contributed by atoms with Crippen LogP contribution in [0.4, 0.5) is 10.6 Å². The molecule has 0 saturated carbocycles. The summed E-state index contributed by atoms with van der Waals surface area (Å²) in [4.78, 5) is 16.6. The molecular formula is C22H32N4O3. The first-order valence-electron chi connectivity index (χ1n) is 10.7. The number of carbonyl (C=O) groups is 1. The number of amides is 1. The molecule has 3 heterocycles. The van der Waals surface area contributed by atoms with Crippen molar-refractivity contribution in [1.29, 1.82) is 0 Å². The normalized spacial score (nSPS) is 23.4. The maximum atomic E-state index is 12.5. The van der Waals surface area contributed by atoms with Crippen molar-refractivity contribution in [3.05, 3.63) is 24.3 Å². The molecule has 7 heteroatoms. The number of hydrogen-bond acceptors (Lipinski definition) is 5. The number of aromatic nitrogens is 2. The Kier molecular flexibility index (Phi) is 5.42. The zero-order chi connectivity index (χ0) is 20.6. The summed E-state index contributed by atoms with van der Waals surface area (Å²) >= 11 is 0. The van der Waals surface area contributed by atoms with Gasteiger partial charge < -0.3 is 19.3 Å². The van der Waals surface area contributed by atoms with Gasteiger partial charge in [-0.25, -0.2) is 9.48 Å². The highest BCUT2D eigenvalue weighted by Crippen LogP contribution is 2.33. The van der Waals surface area contributed by atoms with Crippen LogP contribution in [0.15, 0.2) is 24.3 Å². The molecule has 0 spiro atoms. The zero-order valence-corrected chi connectivity index (χ0v) is 17.9. The Morgan fingerprint density at radius 3 is 2.69 bits per heavy atom. The van der Waals surface area contributed by atoms with E-state index < -0.39 is 5.60 Å². The van der Waals surface area contributed by atoms with Crippen molar-refractivity contribution in [3.63, 3.8) is 0 Å². The third-order valence-electron chi connectivity index (χ3n) is 5.57. The molecule has 158 valence electrons.